The first-order valence-electron chi connectivity index (χ1n) is 9.16. The molecule has 2 aromatic rings. The van der Waals surface area contributed by atoms with Crippen LogP contribution in [0.3, 0.4) is 0 Å². The standard InChI is InChI=1S/C20H14F11NO3/c1-16(34,9-35-14-7-11(18(23,24)25)5-12(8-14)19(26,27)28)15(33)32-13-4-2-3-10(6-13)17(21,22)20(29,30)31/h2-8,34H,9H2,1H3,(H,32,33). The molecule has 0 aliphatic carbocycles. The van der Waals surface area contributed by atoms with Crippen molar-refractivity contribution < 1.29 is 62.9 Å². The Morgan fingerprint density at radius 3 is 1.80 bits per heavy atom. The summed E-state index contributed by atoms with van der Waals surface area (Å²) in [6.07, 6.45) is -16.3. The molecule has 194 valence electrons. The van der Waals surface area contributed by atoms with E-state index in [-0.39, 0.29) is 24.3 Å². The van der Waals surface area contributed by atoms with Crippen LogP contribution in [0.5, 0.6) is 5.75 Å². The van der Waals surface area contributed by atoms with Gasteiger partial charge in [-0.2, -0.15) is 48.3 Å². The highest BCUT2D eigenvalue weighted by Crippen LogP contribution is 2.44. The average molecular weight is 525 g/mol. The number of ether oxygens (including phenoxy) is 1. The number of carbonyl (C=O) groups is 1. The lowest BCUT2D eigenvalue weighted by Gasteiger charge is -2.24. The summed E-state index contributed by atoms with van der Waals surface area (Å²) in [7, 11) is 0. The zero-order valence-electron chi connectivity index (χ0n) is 17.2. The van der Waals surface area contributed by atoms with E-state index < -0.39 is 70.7 Å². The third-order valence-corrected chi connectivity index (χ3v) is 4.41. The van der Waals surface area contributed by atoms with Gasteiger partial charge in [0.1, 0.15) is 12.4 Å². The molecule has 0 bridgehead atoms. The molecule has 1 amide bonds. The SMILES string of the molecule is CC(O)(COc1cc(C(F)(F)F)cc(C(F)(F)F)c1)C(=O)Nc1cccc(C(F)(F)C(F)(F)F)c1. The largest absolute Gasteiger partial charge is 0.490 e. The summed E-state index contributed by atoms with van der Waals surface area (Å²) in [6, 6.07) is 2.53. The summed E-state index contributed by atoms with van der Waals surface area (Å²) in [5.74, 6) is -7.75. The molecular weight excluding hydrogens is 511 g/mol. The van der Waals surface area contributed by atoms with Crippen LogP contribution in [0, 0.1) is 0 Å². The van der Waals surface area contributed by atoms with E-state index in [0.717, 1.165) is 19.1 Å². The predicted octanol–water partition coefficient (Wildman–Crippen LogP) is 6.15. The van der Waals surface area contributed by atoms with Crippen molar-refractivity contribution in [3.8, 4) is 5.75 Å². The lowest BCUT2D eigenvalue weighted by Crippen LogP contribution is -2.45. The maximum atomic E-state index is 13.5. The van der Waals surface area contributed by atoms with E-state index in [4.69, 9.17) is 4.74 Å². The Bertz CT molecular complexity index is 1040. The number of anilines is 1. The van der Waals surface area contributed by atoms with E-state index in [0.29, 0.717) is 6.07 Å². The Balaban J connectivity index is 2.22. The molecule has 0 saturated carbocycles. The van der Waals surface area contributed by atoms with E-state index in [1.165, 1.54) is 0 Å². The van der Waals surface area contributed by atoms with Crippen molar-refractivity contribution in [3.63, 3.8) is 0 Å². The molecule has 0 fully saturated rings. The van der Waals surface area contributed by atoms with Gasteiger partial charge in [-0.25, -0.2) is 0 Å². The van der Waals surface area contributed by atoms with E-state index in [1.54, 1.807) is 0 Å². The molecule has 2 rings (SSSR count). The Hall–Kier alpha value is -3.10. The molecule has 0 saturated heterocycles. The zero-order chi connectivity index (χ0) is 27.0. The second-order valence-electron chi connectivity index (χ2n) is 7.41. The Morgan fingerprint density at radius 2 is 1.34 bits per heavy atom. The molecule has 2 N–H and O–H groups in total. The molecule has 0 radical (unpaired) electrons. The number of amides is 1. The normalized spacial score (nSPS) is 14.9. The minimum atomic E-state index is -5.95. The minimum absolute atomic E-state index is 0.179. The van der Waals surface area contributed by atoms with Crippen molar-refractivity contribution >= 4 is 11.6 Å². The van der Waals surface area contributed by atoms with Crippen LogP contribution in [0.2, 0.25) is 0 Å². The molecule has 1 unspecified atom stereocenters. The molecule has 0 heterocycles. The Morgan fingerprint density at radius 1 is 0.829 bits per heavy atom. The highest BCUT2D eigenvalue weighted by Gasteiger charge is 2.58. The maximum absolute atomic E-state index is 13.5. The van der Waals surface area contributed by atoms with Crippen LogP contribution in [0.15, 0.2) is 42.5 Å². The van der Waals surface area contributed by atoms with Crippen molar-refractivity contribution in [1.82, 2.24) is 0 Å². The molecule has 4 nitrogen and oxygen atoms in total. The molecule has 0 spiro atoms. The lowest BCUT2D eigenvalue weighted by atomic mass is 10.1. The number of benzene rings is 2. The van der Waals surface area contributed by atoms with Gasteiger partial charge in [-0.05, 0) is 37.3 Å². The summed E-state index contributed by atoms with van der Waals surface area (Å²) < 4.78 is 147. The van der Waals surface area contributed by atoms with Crippen LogP contribution in [0.4, 0.5) is 54.0 Å². The number of hydrogen-bond donors (Lipinski definition) is 2. The van der Waals surface area contributed by atoms with Crippen molar-refractivity contribution in [3.05, 3.63) is 59.2 Å². The predicted molar refractivity (Wildman–Crippen MR) is 97.6 cm³/mol. The molecule has 2 aromatic carbocycles. The fraction of sp³-hybridized carbons (Fsp3) is 0.350. The minimum Gasteiger partial charge on any atom is -0.490 e. The monoisotopic (exact) mass is 525 g/mol. The van der Waals surface area contributed by atoms with Crippen molar-refractivity contribution in [1.29, 1.82) is 0 Å². The fourth-order valence-corrected chi connectivity index (χ4v) is 2.52. The van der Waals surface area contributed by atoms with Gasteiger partial charge in [0.25, 0.3) is 5.91 Å². The van der Waals surface area contributed by atoms with E-state index in [1.807, 2.05) is 5.32 Å². The van der Waals surface area contributed by atoms with Gasteiger partial charge in [-0.15, -0.1) is 0 Å². The second kappa shape index (κ2) is 9.17. The van der Waals surface area contributed by atoms with E-state index >= 15 is 0 Å². The first kappa shape index (κ1) is 28.1. The van der Waals surface area contributed by atoms with Crippen LogP contribution < -0.4 is 10.1 Å². The number of alkyl halides is 11. The Labute approximate surface area is 189 Å². The quantitative estimate of drug-likeness (QED) is 0.446. The highest BCUT2D eigenvalue weighted by molar-refractivity contribution is 5.97. The summed E-state index contributed by atoms with van der Waals surface area (Å²) in [6.45, 7) is -0.495. The molecule has 0 aliphatic heterocycles. The van der Waals surface area contributed by atoms with Gasteiger partial charge in [0, 0.05) is 11.3 Å². The number of aliphatic hydroxyl groups is 1. The van der Waals surface area contributed by atoms with E-state index in [9.17, 15) is 58.2 Å². The van der Waals surface area contributed by atoms with Gasteiger partial charge in [0.05, 0.1) is 11.1 Å². The van der Waals surface area contributed by atoms with Gasteiger partial charge in [-0.1, -0.05) is 12.1 Å². The van der Waals surface area contributed by atoms with Gasteiger partial charge in [0.2, 0.25) is 0 Å². The first-order chi connectivity index (χ1) is 15.6. The zero-order valence-corrected chi connectivity index (χ0v) is 17.2. The summed E-state index contributed by atoms with van der Waals surface area (Å²) in [5, 5.41) is 12.0. The van der Waals surface area contributed by atoms with Crippen molar-refractivity contribution in [2.75, 3.05) is 11.9 Å². The average Bonchev–Trinajstić information content (AvgIpc) is 2.70. The highest BCUT2D eigenvalue weighted by atomic mass is 19.4. The van der Waals surface area contributed by atoms with Gasteiger partial charge in [-0.3, -0.25) is 4.79 Å². The summed E-state index contributed by atoms with van der Waals surface area (Å²) in [4.78, 5) is 12.3. The molecular formula is C20H14F11NO3. The van der Waals surface area contributed by atoms with Crippen LogP contribution in [0.1, 0.15) is 23.6 Å². The van der Waals surface area contributed by atoms with Crippen LogP contribution in [-0.4, -0.2) is 29.4 Å². The lowest BCUT2D eigenvalue weighted by molar-refractivity contribution is -0.289. The molecule has 15 heteroatoms. The second-order valence-corrected chi connectivity index (χ2v) is 7.41. The fourth-order valence-electron chi connectivity index (χ4n) is 2.52. The number of rotatable bonds is 6. The van der Waals surface area contributed by atoms with E-state index in [2.05, 4.69) is 0 Å². The topological polar surface area (TPSA) is 58.6 Å². The summed E-state index contributed by atoms with van der Waals surface area (Å²) in [5.41, 5.74) is -8.28. The smallest absolute Gasteiger partial charge is 0.458 e. The molecule has 0 aromatic heterocycles. The number of hydrogen-bond acceptors (Lipinski definition) is 3. The van der Waals surface area contributed by atoms with Crippen molar-refractivity contribution in [2.45, 2.75) is 37.0 Å². The summed E-state index contributed by atoms with van der Waals surface area (Å²) >= 11 is 0. The molecule has 0 aliphatic rings. The third-order valence-electron chi connectivity index (χ3n) is 4.41. The van der Waals surface area contributed by atoms with Crippen LogP contribution in [-0.2, 0) is 23.1 Å². The van der Waals surface area contributed by atoms with Gasteiger partial charge >= 0.3 is 24.5 Å². The molecule has 1 atom stereocenters. The number of nitrogens with one attached hydrogen (secondary N) is 1. The van der Waals surface area contributed by atoms with Crippen LogP contribution >= 0.6 is 0 Å². The van der Waals surface area contributed by atoms with Crippen molar-refractivity contribution in [2.24, 2.45) is 0 Å². The third kappa shape index (κ3) is 6.74. The number of carbonyl (C=O) groups excluding carboxylic acids is 1. The Kier molecular flexibility index (Phi) is 7.37. The first-order valence-corrected chi connectivity index (χ1v) is 9.16. The van der Waals surface area contributed by atoms with Gasteiger partial charge < -0.3 is 15.2 Å². The molecule has 35 heavy (non-hydrogen) atoms. The van der Waals surface area contributed by atoms with Gasteiger partial charge in [0.15, 0.2) is 5.60 Å². The number of halogens is 11. The van der Waals surface area contributed by atoms with Crippen LogP contribution in [0.25, 0.3) is 0 Å². The maximum Gasteiger partial charge on any atom is 0.458 e.